The van der Waals surface area contributed by atoms with Gasteiger partial charge in [-0.3, -0.25) is 4.79 Å². The van der Waals surface area contributed by atoms with Crippen LogP contribution in [0, 0.1) is 47.3 Å². The fourth-order valence-electron chi connectivity index (χ4n) is 8.32. The number of hydrogen-bond acceptors (Lipinski definition) is 6. The van der Waals surface area contributed by atoms with Gasteiger partial charge in [0, 0.05) is 36.8 Å². The maximum absolute atomic E-state index is 15.1. The number of nitrogens with one attached hydrogen (secondary N) is 3. The summed E-state index contributed by atoms with van der Waals surface area (Å²) in [5.41, 5.74) is 19.7. The standard InChI is InChI=1S/C31H51FN6O/c1-3-6-22-23-8-5-9-25-28(23)24(22)11-10-20(32)17-37-26(7-4-2)29(30(25)35)31(39)38-27-18-36-15-13-21(27)19(16-34)12-14-33/h7,12-15,17,19,21-25,27-30,36-37H,3-6,8-11,16,18,33-35H2,1-2H3,(H,38,39)/b14-12-,20-17+,26-7-/t19?,21?,22?,23-,24?,25+,27?,28?,29?,30?/m0/s1. The van der Waals surface area contributed by atoms with Gasteiger partial charge in [-0.1, -0.05) is 51.3 Å². The van der Waals surface area contributed by atoms with Crippen LogP contribution in [-0.2, 0) is 4.79 Å². The quantitative estimate of drug-likeness (QED) is 0.277. The molecule has 4 aliphatic rings. The van der Waals surface area contributed by atoms with E-state index in [0.717, 1.165) is 32.1 Å². The third-order valence-electron chi connectivity index (χ3n) is 10.0. The molecule has 2 saturated carbocycles. The van der Waals surface area contributed by atoms with E-state index in [0.29, 0.717) is 48.9 Å². The number of carbonyl (C=O) groups excluding carboxylic acids is 1. The fraction of sp³-hybridized carbons (Fsp3) is 0.710. The van der Waals surface area contributed by atoms with E-state index in [4.69, 9.17) is 17.2 Å². The normalized spacial score (nSPS) is 39.8. The smallest absolute Gasteiger partial charge is 0.230 e. The summed E-state index contributed by atoms with van der Waals surface area (Å²) in [6.07, 6.45) is 18.7. The first-order valence-electron chi connectivity index (χ1n) is 15.3. The lowest BCUT2D eigenvalue weighted by Crippen LogP contribution is -2.60. The lowest BCUT2D eigenvalue weighted by molar-refractivity contribution is -0.130. The summed E-state index contributed by atoms with van der Waals surface area (Å²) in [4.78, 5) is 14.2. The van der Waals surface area contributed by atoms with E-state index in [2.05, 4.69) is 29.0 Å². The van der Waals surface area contributed by atoms with Crippen molar-refractivity contribution in [1.29, 1.82) is 0 Å². The molecule has 0 aromatic heterocycles. The summed E-state index contributed by atoms with van der Waals surface area (Å²) in [7, 11) is 0. The second kappa shape index (κ2) is 13.8. The number of halogens is 1. The largest absolute Gasteiger partial charge is 0.405 e. The Kier molecular flexibility index (Phi) is 10.5. The molecule has 7 nitrogen and oxygen atoms in total. The Morgan fingerprint density at radius 2 is 2.00 bits per heavy atom. The van der Waals surface area contributed by atoms with Gasteiger partial charge in [0.25, 0.3) is 0 Å². The van der Waals surface area contributed by atoms with Crippen LogP contribution in [-0.4, -0.2) is 31.1 Å². The van der Waals surface area contributed by atoms with Gasteiger partial charge in [-0.25, -0.2) is 4.39 Å². The monoisotopic (exact) mass is 542 g/mol. The molecule has 9 N–H and O–H groups in total. The molecule has 0 aromatic carbocycles. The first-order valence-corrected chi connectivity index (χ1v) is 15.3. The van der Waals surface area contributed by atoms with Gasteiger partial charge < -0.3 is 33.2 Å². The van der Waals surface area contributed by atoms with Crippen molar-refractivity contribution in [3.63, 3.8) is 0 Å². The molecule has 8 heteroatoms. The van der Waals surface area contributed by atoms with E-state index in [1.807, 2.05) is 25.3 Å². The predicted molar refractivity (Wildman–Crippen MR) is 156 cm³/mol. The van der Waals surface area contributed by atoms with Crippen LogP contribution < -0.4 is 33.2 Å². The summed E-state index contributed by atoms with van der Waals surface area (Å²) in [5, 5.41) is 9.79. The third kappa shape index (κ3) is 6.37. The number of nitrogens with two attached hydrogens (primary N) is 3. The van der Waals surface area contributed by atoms with Crippen LogP contribution in [0.3, 0.4) is 0 Å². The Hall–Kier alpha value is -2.32. The average Bonchev–Trinajstić information content (AvgIpc) is 2.95. The minimum absolute atomic E-state index is 0.00558. The molecule has 0 radical (unpaired) electrons. The molecule has 218 valence electrons. The Bertz CT molecular complexity index is 947. The van der Waals surface area contributed by atoms with Gasteiger partial charge in [-0.05, 0) is 80.1 Å². The highest BCUT2D eigenvalue weighted by Crippen LogP contribution is 2.60. The van der Waals surface area contributed by atoms with Crippen LogP contribution >= 0.6 is 0 Å². The van der Waals surface area contributed by atoms with E-state index in [1.165, 1.54) is 25.2 Å². The van der Waals surface area contributed by atoms with E-state index >= 15 is 4.39 Å². The lowest BCUT2D eigenvalue weighted by atomic mass is 9.45. The summed E-state index contributed by atoms with van der Waals surface area (Å²) < 4.78 is 15.1. The molecule has 39 heavy (non-hydrogen) atoms. The van der Waals surface area contributed by atoms with Crippen LogP contribution in [0.2, 0.25) is 0 Å². The maximum Gasteiger partial charge on any atom is 0.230 e. The highest BCUT2D eigenvalue weighted by molar-refractivity contribution is 5.82. The number of amides is 1. The second-order valence-electron chi connectivity index (χ2n) is 12.1. The number of allylic oxidation sites excluding steroid dienone is 2. The average molecular weight is 543 g/mol. The third-order valence-corrected chi connectivity index (χ3v) is 10.0. The van der Waals surface area contributed by atoms with Crippen LogP contribution in [0.25, 0.3) is 0 Å². The van der Waals surface area contributed by atoms with E-state index in [1.54, 1.807) is 0 Å². The highest BCUT2D eigenvalue weighted by Gasteiger charge is 2.55. The molecule has 4 rings (SSSR count). The Labute approximate surface area is 234 Å². The molecular weight excluding hydrogens is 491 g/mol. The van der Waals surface area contributed by atoms with Crippen molar-refractivity contribution in [2.45, 2.75) is 77.3 Å². The van der Waals surface area contributed by atoms with Gasteiger partial charge in [0.05, 0.1) is 12.0 Å². The zero-order valence-electron chi connectivity index (χ0n) is 23.8. The Morgan fingerprint density at radius 1 is 1.23 bits per heavy atom. The maximum atomic E-state index is 15.1. The Balaban J connectivity index is 1.65. The van der Waals surface area contributed by atoms with Crippen molar-refractivity contribution in [2.75, 3.05) is 13.1 Å². The molecule has 2 aliphatic heterocycles. The van der Waals surface area contributed by atoms with Crippen molar-refractivity contribution >= 4 is 5.91 Å². The summed E-state index contributed by atoms with van der Waals surface area (Å²) in [5.74, 6) is 1.66. The van der Waals surface area contributed by atoms with E-state index in [9.17, 15) is 4.79 Å². The SMILES string of the molecule is CC/C=C1\N/C=C(/F)CCC2C(CCC)[C@@H]3CCC[C@@H](C(N)C1C(=O)NC1CNC=CC1C(/C=C\N)CN)C23. The molecular formula is C31H51FN6O. The van der Waals surface area contributed by atoms with Gasteiger partial charge in [-0.2, -0.15) is 0 Å². The van der Waals surface area contributed by atoms with Crippen LogP contribution in [0.4, 0.5) is 4.39 Å². The highest BCUT2D eigenvalue weighted by atomic mass is 19.1. The van der Waals surface area contributed by atoms with E-state index in [-0.39, 0.29) is 41.6 Å². The predicted octanol–water partition coefficient (Wildman–Crippen LogP) is 3.76. The molecule has 2 heterocycles. The molecule has 2 aliphatic carbocycles. The van der Waals surface area contributed by atoms with Crippen molar-refractivity contribution in [1.82, 2.24) is 16.0 Å². The van der Waals surface area contributed by atoms with Crippen molar-refractivity contribution in [3.8, 4) is 0 Å². The second-order valence-corrected chi connectivity index (χ2v) is 12.1. The minimum Gasteiger partial charge on any atom is -0.405 e. The molecule has 0 bridgehead atoms. The van der Waals surface area contributed by atoms with Gasteiger partial charge in [-0.15, -0.1) is 0 Å². The first-order chi connectivity index (χ1) is 18.9. The van der Waals surface area contributed by atoms with Crippen LogP contribution in [0.1, 0.15) is 65.2 Å². The van der Waals surface area contributed by atoms with Crippen LogP contribution in [0.15, 0.2) is 48.4 Å². The number of rotatable bonds is 8. The molecule has 1 amide bonds. The fourth-order valence-corrected chi connectivity index (χ4v) is 8.32. The number of hydrogen-bond donors (Lipinski definition) is 6. The van der Waals surface area contributed by atoms with Crippen molar-refractivity contribution in [3.05, 3.63) is 48.4 Å². The molecule has 2 fully saturated rings. The van der Waals surface area contributed by atoms with Gasteiger partial charge >= 0.3 is 0 Å². The van der Waals surface area contributed by atoms with Crippen molar-refractivity contribution in [2.24, 2.45) is 64.5 Å². The summed E-state index contributed by atoms with van der Waals surface area (Å²) >= 11 is 0. The minimum atomic E-state index is -0.588. The van der Waals surface area contributed by atoms with E-state index < -0.39 is 5.92 Å². The van der Waals surface area contributed by atoms with Gasteiger partial charge in [0.1, 0.15) is 5.83 Å². The first kappa shape index (κ1) is 29.7. The topological polar surface area (TPSA) is 131 Å². The van der Waals surface area contributed by atoms with Gasteiger partial charge in [0.2, 0.25) is 5.91 Å². The summed E-state index contributed by atoms with van der Waals surface area (Å²) in [6, 6.07) is -0.514. The number of carbonyl (C=O) groups is 1. The van der Waals surface area contributed by atoms with Gasteiger partial charge in [0.15, 0.2) is 0 Å². The molecule has 8 unspecified atom stereocenters. The Morgan fingerprint density at radius 3 is 2.72 bits per heavy atom. The molecule has 0 saturated heterocycles. The zero-order chi connectivity index (χ0) is 27.9. The molecule has 10 atom stereocenters. The lowest BCUT2D eigenvalue weighted by Gasteiger charge is -2.60. The molecule has 0 spiro atoms. The van der Waals surface area contributed by atoms with Crippen molar-refractivity contribution < 1.29 is 9.18 Å². The van der Waals surface area contributed by atoms with Crippen LogP contribution in [0.5, 0.6) is 0 Å². The molecule has 0 aromatic rings. The zero-order valence-corrected chi connectivity index (χ0v) is 23.8. The summed E-state index contributed by atoms with van der Waals surface area (Å²) in [6.45, 7) is 5.30.